The highest BCUT2D eigenvalue weighted by atomic mass is 32.1. The van der Waals surface area contributed by atoms with E-state index in [9.17, 15) is 22.0 Å². The highest BCUT2D eigenvalue weighted by Crippen LogP contribution is 2.44. The predicted octanol–water partition coefficient (Wildman–Crippen LogP) is 4.86. The minimum Gasteiger partial charge on any atom is -0.191 e. The highest BCUT2D eigenvalue weighted by molar-refractivity contribution is 7.11. The van der Waals surface area contributed by atoms with Crippen molar-refractivity contribution in [2.24, 2.45) is 0 Å². The van der Waals surface area contributed by atoms with Gasteiger partial charge in [0.2, 0.25) is 0 Å². The van der Waals surface area contributed by atoms with E-state index in [1.807, 2.05) is 0 Å². The maximum atomic E-state index is 13.1. The van der Waals surface area contributed by atoms with Crippen LogP contribution in [0.2, 0.25) is 0 Å². The molecule has 0 spiro atoms. The van der Waals surface area contributed by atoms with Crippen LogP contribution < -0.4 is 0 Å². The Bertz CT molecular complexity index is 552. The fraction of sp³-hybridized carbons (Fsp3) is 0.273. The lowest BCUT2D eigenvalue weighted by atomic mass is 10.0. The molecule has 92 valence electrons. The van der Waals surface area contributed by atoms with Gasteiger partial charge >= 0.3 is 12.1 Å². The molecule has 0 aliphatic heterocycles. The Hall–Kier alpha value is -1.17. The van der Waals surface area contributed by atoms with Crippen molar-refractivity contribution < 1.29 is 22.0 Å². The van der Waals surface area contributed by atoms with Gasteiger partial charge in [-0.25, -0.2) is 0 Å². The van der Waals surface area contributed by atoms with E-state index in [4.69, 9.17) is 0 Å². The van der Waals surface area contributed by atoms with Gasteiger partial charge in [0, 0.05) is 10.4 Å². The first-order chi connectivity index (χ1) is 7.73. The Morgan fingerprint density at radius 1 is 1.06 bits per heavy atom. The zero-order valence-corrected chi connectivity index (χ0v) is 9.42. The molecule has 1 heterocycles. The molecule has 0 radical (unpaired) electrons. The highest BCUT2D eigenvalue weighted by Gasteiger charge is 2.58. The second-order valence-electron chi connectivity index (χ2n) is 3.67. The summed E-state index contributed by atoms with van der Waals surface area (Å²) in [5.74, 6) is -4.81. The monoisotopic (exact) mass is 266 g/mol. The van der Waals surface area contributed by atoms with E-state index in [1.54, 1.807) is 12.3 Å². The second kappa shape index (κ2) is 3.66. The number of rotatable bonds is 1. The lowest BCUT2D eigenvalue weighted by molar-refractivity contribution is -0.289. The number of benzene rings is 1. The van der Waals surface area contributed by atoms with E-state index in [-0.39, 0.29) is 0 Å². The molecule has 0 amide bonds. The number of aryl methyl sites for hydroxylation is 1. The average Bonchev–Trinajstić information content (AvgIpc) is 2.58. The van der Waals surface area contributed by atoms with Crippen molar-refractivity contribution in [3.63, 3.8) is 0 Å². The maximum Gasteiger partial charge on any atom is 0.458 e. The van der Waals surface area contributed by atoms with Gasteiger partial charge in [-0.1, -0.05) is 12.1 Å². The number of halogens is 5. The molecule has 0 unspecified atom stereocenters. The summed E-state index contributed by atoms with van der Waals surface area (Å²) in [6, 6.07) is 3.03. The minimum absolute atomic E-state index is 0.411. The lowest BCUT2D eigenvalue weighted by Crippen LogP contribution is -2.33. The Morgan fingerprint density at radius 3 is 2.29 bits per heavy atom. The first-order valence-corrected chi connectivity index (χ1v) is 5.54. The van der Waals surface area contributed by atoms with Gasteiger partial charge in [-0.2, -0.15) is 22.0 Å². The standard InChI is InChI=1S/C11H7F5S/c1-6-9-3-2-8(4-7(9)5-17-6)10(12,13)11(14,15)16/h2-5H,1H3. The molecule has 2 aromatic rings. The fourth-order valence-electron chi connectivity index (χ4n) is 1.56. The van der Waals surface area contributed by atoms with Gasteiger partial charge in [-0.15, -0.1) is 11.3 Å². The van der Waals surface area contributed by atoms with Gasteiger partial charge < -0.3 is 0 Å². The van der Waals surface area contributed by atoms with Crippen molar-refractivity contribution in [1.82, 2.24) is 0 Å². The molecule has 0 aliphatic carbocycles. The largest absolute Gasteiger partial charge is 0.458 e. The number of thiophene rings is 1. The van der Waals surface area contributed by atoms with Gasteiger partial charge in [-0.05, 0) is 29.1 Å². The van der Waals surface area contributed by atoms with Gasteiger partial charge in [0.1, 0.15) is 0 Å². The summed E-state index contributed by atoms with van der Waals surface area (Å²) in [6.07, 6.45) is -5.56. The number of alkyl halides is 5. The van der Waals surface area contributed by atoms with Crippen molar-refractivity contribution in [2.45, 2.75) is 19.0 Å². The quantitative estimate of drug-likeness (QED) is 0.646. The zero-order chi connectivity index (χ0) is 12.8. The zero-order valence-electron chi connectivity index (χ0n) is 8.61. The molecule has 17 heavy (non-hydrogen) atoms. The molecule has 0 N–H and O–H groups in total. The van der Waals surface area contributed by atoms with E-state index in [2.05, 4.69) is 0 Å². The summed E-state index contributed by atoms with van der Waals surface area (Å²) in [6.45, 7) is 1.79. The first kappa shape index (κ1) is 12.3. The van der Waals surface area contributed by atoms with Crippen molar-refractivity contribution >= 4 is 22.1 Å². The summed E-state index contributed by atoms with van der Waals surface area (Å²) >= 11 is 1.32. The van der Waals surface area contributed by atoms with Crippen LogP contribution in [0.1, 0.15) is 10.4 Å². The van der Waals surface area contributed by atoms with Crippen LogP contribution in [0.15, 0.2) is 23.6 Å². The minimum atomic E-state index is -5.56. The van der Waals surface area contributed by atoms with Gasteiger partial charge in [0.05, 0.1) is 0 Å². The van der Waals surface area contributed by atoms with E-state index >= 15 is 0 Å². The van der Waals surface area contributed by atoms with Gasteiger partial charge in [0.15, 0.2) is 0 Å². The van der Waals surface area contributed by atoms with E-state index in [0.29, 0.717) is 10.8 Å². The van der Waals surface area contributed by atoms with Crippen molar-refractivity contribution in [1.29, 1.82) is 0 Å². The third-order valence-electron chi connectivity index (χ3n) is 2.51. The van der Waals surface area contributed by atoms with Crippen LogP contribution in [-0.4, -0.2) is 6.18 Å². The Morgan fingerprint density at radius 2 is 1.71 bits per heavy atom. The molecule has 2 rings (SSSR count). The third-order valence-corrected chi connectivity index (χ3v) is 3.46. The van der Waals surface area contributed by atoms with Crippen LogP contribution >= 0.6 is 11.3 Å². The van der Waals surface area contributed by atoms with E-state index in [1.165, 1.54) is 17.4 Å². The molecular formula is C11H7F5S. The molecular weight excluding hydrogens is 259 g/mol. The number of fused-ring (bicyclic) bond motifs is 1. The van der Waals surface area contributed by atoms with Crippen molar-refractivity contribution in [3.05, 3.63) is 34.0 Å². The first-order valence-electron chi connectivity index (χ1n) is 4.66. The van der Waals surface area contributed by atoms with Crippen molar-refractivity contribution in [2.75, 3.05) is 0 Å². The van der Waals surface area contributed by atoms with E-state index in [0.717, 1.165) is 17.0 Å². The van der Waals surface area contributed by atoms with E-state index < -0.39 is 17.7 Å². The van der Waals surface area contributed by atoms with Crippen LogP contribution in [0.25, 0.3) is 10.8 Å². The maximum absolute atomic E-state index is 13.1. The molecule has 0 atom stereocenters. The second-order valence-corrected chi connectivity index (χ2v) is 4.75. The molecule has 0 saturated heterocycles. The lowest BCUT2D eigenvalue weighted by Gasteiger charge is -2.19. The fourth-order valence-corrected chi connectivity index (χ4v) is 2.37. The molecule has 0 fully saturated rings. The normalized spacial score (nSPS) is 13.3. The van der Waals surface area contributed by atoms with Gasteiger partial charge in [0.25, 0.3) is 0 Å². The molecule has 0 bridgehead atoms. The molecule has 0 nitrogen and oxygen atoms in total. The topological polar surface area (TPSA) is 0 Å². The smallest absolute Gasteiger partial charge is 0.191 e. The summed E-state index contributed by atoms with van der Waals surface area (Å²) in [5, 5.41) is 2.69. The number of hydrogen-bond donors (Lipinski definition) is 0. The SMILES string of the molecule is Cc1scc2cc(C(F)(F)C(F)(F)F)ccc12. The summed E-state index contributed by atoms with van der Waals surface area (Å²) in [4.78, 5) is 0.891. The van der Waals surface area contributed by atoms with Gasteiger partial charge in [-0.3, -0.25) is 0 Å². The van der Waals surface area contributed by atoms with Crippen LogP contribution in [0, 0.1) is 6.92 Å². The molecule has 6 heteroatoms. The molecule has 1 aromatic heterocycles. The molecule has 1 aromatic carbocycles. The molecule has 0 saturated carbocycles. The van der Waals surface area contributed by atoms with Crippen LogP contribution in [0.5, 0.6) is 0 Å². The van der Waals surface area contributed by atoms with Crippen molar-refractivity contribution in [3.8, 4) is 0 Å². The average molecular weight is 266 g/mol. The summed E-state index contributed by atoms with van der Waals surface area (Å²) in [7, 11) is 0. The Balaban J connectivity index is 2.57. The Kier molecular flexibility index (Phi) is 2.65. The third kappa shape index (κ3) is 1.90. The summed E-state index contributed by atoms with van der Waals surface area (Å²) in [5.41, 5.74) is -1.02. The van der Waals surface area contributed by atoms with Crippen LogP contribution in [0.3, 0.4) is 0 Å². The predicted molar refractivity (Wildman–Crippen MR) is 56.5 cm³/mol. The molecule has 0 aliphatic rings. The number of hydrogen-bond acceptors (Lipinski definition) is 1. The van der Waals surface area contributed by atoms with Crippen LogP contribution in [-0.2, 0) is 5.92 Å². The summed E-state index contributed by atoms with van der Waals surface area (Å²) < 4.78 is 62.7. The Labute approximate surface area is 97.7 Å². The van der Waals surface area contributed by atoms with Crippen LogP contribution in [0.4, 0.5) is 22.0 Å².